The van der Waals surface area contributed by atoms with Gasteiger partial charge in [-0.15, -0.1) is 28.3 Å². The molecule has 27 heteroatoms. The maximum atomic E-state index is 12.8. The van der Waals surface area contributed by atoms with E-state index in [1.165, 1.54) is 67.8 Å². The Hall–Kier alpha value is -3.75. The van der Waals surface area contributed by atoms with E-state index in [0.717, 1.165) is 0 Å². The van der Waals surface area contributed by atoms with Crippen LogP contribution in [0, 0.1) is 0 Å². The van der Waals surface area contributed by atoms with Gasteiger partial charge in [-0.3, -0.25) is 8.37 Å². The average Bonchev–Trinajstić information content (AvgIpc) is 3.16. The summed E-state index contributed by atoms with van der Waals surface area (Å²) in [5, 5.41) is 63.9. The smallest absolute Gasteiger partial charge is 0.197 e. The van der Waals surface area contributed by atoms with Gasteiger partial charge in [-0.2, -0.15) is 5.11 Å². The molecule has 54 heavy (non-hydrogen) atoms. The van der Waals surface area contributed by atoms with Gasteiger partial charge in [0, 0.05) is 16.8 Å². The van der Waals surface area contributed by atoms with Gasteiger partial charge in [-0.25, -0.2) is 32.6 Å². The lowest BCUT2D eigenvalue weighted by Crippen LogP contribution is -2.11. The molecule has 0 amide bonds. The van der Waals surface area contributed by atoms with Crippen molar-refractivity contribution in [2.24, 2.45) is 20.5 Å². The molecule has 0 aliphatic heterocycles. The van der Waals surface area contributed by atoms with Gasteiger partial charge < -0.3 is 15.6 Å². The molecule has 0 atom stereocenters. The highest BCUT2D eigenvalue weighted by molar-refractivity contribution is 7.94. The van der Waals surface area contributed by atoms with Gasteiger partial charge in [0.2, 0.25) is 0 Å². The van der Waals surface area contributed by atoms with E-state index in [4.69, 9.17) is 34.6 Å². The Morgan fingerprint density at radius 3 is 1.96 bits per heavy atom. The monoisotopic (exact) mass is 853 g/mol. The maximum Gasteiger partial charge on any atom is 0.197 e. The molecule has 292 valence electrons. The highest BCUT2D eigenvalue weighted by Crippen LogP contribution is 2.48. The van der Waals surface area contributed by atoms with Crippen LogP contribution in [-0.4, -0.2) is 69.5 Å². The van der Waals surface area contributed by atoms with E-state index in [-0.39, 0.29) is 97.5 Å². The number of phenols is 1. The minimum Gasteiger partial charge on any atom is -0.505 e. The van der Waals surface area contributed by atoms with Crippen LogP contribution in [0.25, 0.3) is 10.8 Å². The zero-order valence-corrected chi connectivity index (χ0v) is 31.2. The summed E-state index contributed by atoms with van der Waals surface area (Å²) in [5.41, 5.74) is 6.39. The molecule has 22 nitrogen and oxygen atoms in total. The number of hydrogen-bond acceptors (Lipinski definition) is 25. The van der Waals surface area contributed by atoms with Crippen molar-refractivity contribution in [3.8, 4) is 11.5 Å². The molecule has 0 aromatic heterocycles. The van der Waals surface area contributed by atoms with Crippen LogP contribution in [0.15, 0.2) is 95.8 Å². The lowest BCUT2D eigenvalue weighted by Gasteiger charge is -2.12. The maximum absolute atomic E-state index is 12.8. The van der Waals surface area contributed by atoms with Gasteiger partial charge in [0.25, 0.3) is 0 Å². The van der Waals surface area contributed by atoms with E-state index in [0.29, 0.717) is 12.0 Å². The van der Waals surface area contributed by atoms with Crippen molar-refractivity contribution in [3.05, 3.63) is 60.7 Å². The average molecular weight is 854 g/mol. The van der Waals surface area contributed by atoms with E-state index < -0.39 is 36.9 Å². The molecule has 0 saturated carbocycles. The number of fused-ring (bicyclic) bond motifs is 1. The summed E-state index contributed by atoms with van der Waals surface area (Å²) >= 11 is 0.891. The lowest BCUT2D eigenvalue weighted by atomic mass is 10.1. The number of nitrogens with zero attached hydrogens (tertiary/aromatic N) is 4. The normalized spacial score (nSPS) is 12.4. The molecule has 0 radical (unpaired) electrons. The summed E-state index contributed by atoms with van der Waals surface area (Å²) in [7, 11) is -6.45. The number of hydrogen-bond donors (Lipinski definition) is 5. The number of nitrogen functional groups attached to an aromatic ring is 1. The molecule has 0 heterocycles. The van der Waals surface area contributed by atoms with Gasteiger partial charge in [0.1, 0.15) is 22.8 Å². The second-order valence-electron chi connectivity index (χ2n) is 9.83. The van der Waals surface area contributed by atoms with E-state index in [1.807, 2.05) is 0 Å². The topological polar surface area (TPSA) is 308 Å². The summed E-state index contributed by atoms with van der Waals surface area (Å²) in [4.78, 5) is -0.206. The van der Waals surface area contributed by atoms with Crippen LogP contribution in [0.1, 0.15) is 0 Å². The largest absolute Gasteiger partial charge is 0.505 e. The van der Waals surface area contributed by atoms with E-state index in [2.05, 4.69) is 48.6 Å². The highest BCUT2D eigenvalue weighted by Gasteiger charge is 2.21. The molecule has 4 aromatic carbocycles. The molecule has 0 aliphatic rings. The second kappa shape index (κ2) is 20.8. The molecule has 0 unspecified atom stereocenters. The minimum atomic E-state index is -3.88. The van der Waals surface area contributed by atoms with Gasteiger partial charge in [-0.05, 0) is 48.5 Å². The fourth-order valence-corrected chi connectivity index (χ4v) is 7.64. The zero-order chi connectivity index (χ0) is 39.1. The number of sulfone groups is 2. The van der Waals surface area contributed by atoms with Crippen LogP contribution in [-0.2, 0) is 56.2 Å². The number of aromatic hydroxyl groups is 1. The first-order valence-corrected chi connectivity index (χ1v) is 19.7. The first kappa shape index (κ1) is 43.0. The molecular formula is C27H27N5O17S5. The lowest BCUT2D eigenvalue weighted by molar-refractivity contribution is -0.434. The molecule has 4 rings (SSSR count). The van der Waals surface area contributed by atoms with E-state index in [1.54, 1.807) is 0 Å². The zero-order valence-electron chi connectivity index (χ0n) is 27.1. The Balaban J connectivity index is 1.66. The number of nitrogens with two attached hydrogens (primary N) is 1. The summed E-state index contributed by atoms with van der Waals surface area (Å²) in [6.45, 7) is -0.614. The van der Waals surface area contributed by atoms with Gasteiger partial charge in [-0.1, -0.05) is 21.2 Å². The third-order valence-electron chi connectivity index (χ3n) is 6.68. The second-order valence-corrected chi connectivity index (χ2v) is 15.8. The van der Waals surface area contributed by atoms with Crippen molar-refractivity contribution < 1.29 is 78.9 Å². The highest BCUT2D eigenvalue weighted by atomic mass is 32.2. The van der Waals surface area contributed by atoms with E-state index >= 15 is 0 Å². The molecule has 0 aliphatic carbocycles. The van der Waals surface area contributed by atoms with Crippen LogP contribution in [0.4, 0.5) is 28.4 Å². The standard InChI is InChI=1S/C27H27N5O17S5/c1-41-23-14-18(54(39,40)12-10-43-52-49-46-36)5-8-22(23)30-32-26-24(50-47-44-34)15-20-19(27(26)33)6-7-21(28)25(20)31-29-16-3-2-4-17(13-16)53(37,38)11-9-42-51-48-45-35/h2-8,13-15,33-36H,9-12,28H2,1H3. The molecule has 0 fully saturated rings. The molecule has 0 saturated heterocycles. The van der Waals surface area contributed by atoms with Crippen LogP contribution in [0.2, 0.25) is 0 Å². The molecule has 4 aromatic rings. The van der Waals surface area contributed by atoms with Gasteiger partial charge >= 0.3 is 0 Å². The van der Waals surface area contributed by atoms with E-state index in [9.17, 15) is 21.9 Å². The third-order valence-corrected chi connectivity index (χ3v) is 11.4. The van der Waals surface area contributed by atoms with Crippen LogP contribution >= 0.6 is 36.7 Å². The Morgan fingerprint density at radius 2 is 1.33 bits per heavy atom. The third kappa shape index (κ3) is 11.6. The predicted molar refractivity (Wildman–Crippen MR) is 189 cm³/mol. The van der Waals surface area contributed by atoms with Crippen LogP contribution in [0.5, 0.6) is 11.5 Å². The summed E-state index contributed by atoms with van der Waals surface area (Å²) in [6.07, 6.45) is 0. The number of methoxy groups -OCH3 is 1. The Bertz CT molecular complexity index is 2180. The van der Waals surface area contributed by atoms with Crippen molar-refractivity contribution in [2.45, 2.75) is 14.7 Å². The Labute approximate surface area is 318 Å². The molecule has 6 N–H and O–H groups in total. The molecule has 0 bridgehead atoms. The van der Waals surface area contributed by atoms with Crippen molar-refractivity contribution in [3.63, 3.8) is 0 Å². The number of phenolic OH excluding ortho intramolecular Hbond substituents is 1. The molecule has 0 spiro atoms. The van der Waals surface area contributed by atoms with Crippen molar-refractivity contribution in [1.82, 2.24) is 0 Å². The Kier molecular flexibility index (Phi) is 16.6. The number of ether oxygens (including phenoxy) is 1. The summed E-state index contributed by atoms with van der Waals surface area (Å²) in [6, 6.07) is 13.6. The number of benzene rings is 4. The fourth-order valence-electron chi connectivity index (χ4n) is 4.28. The number of rotatable bonds is 22. The minimum absolute atomic E-state index is 0.000942. The summed E-state index contributed by atoms with van der Waals surface area (Å²) < 4.78 is 78.7. The first-order chi connectivity index (χ1) is 25.9. The number of anilines is 1. The predicted octanol–water partition coefficient (Wildman–Crippen LogP) is 6.94. The van der Waals surface area contributed by atoms with Gasteiger partial charge in [0.15, 0.2) is 50.1 Å². The summed E-state index contributed by atoms with van der Waals surface area (Å²) in [5.74, 6) is -1.36. The van der Waals surface area contributed by atoms with Crippen LogP contribution < -0.4 is 10.5 Å². The van der Waals surface area contributed by atoms with Gasteiger partial charge in [0.05, 0.1) is 69.9 Å². The van der Waals surface area contributed by atoms with Crippen molar-refractivity contribution in [1.29, 1.82) is 0 Å². The quantitative estimate of drug-likeness (QED) is 0.0133. The SMILES string of the molecule is COc1cc(S(=O)(=O)CCOSOOO)ccc1N=Nc1c(SOOO)cc2c(N=Nc3cccc(S(=O)(=O)CCOSOOO)c3)c(N)ccc2c1O. The first-order valence-electron chi connectivity index (χ1n) is 14.3. The molecular weight excluding hydrogens is 827 g/mol. The van der Waals surface area contributed by atoms with Crippen LogP contribution in [0.3, 0.4) is 0 Å². The number of azo groups is 2. The van der Waals surface area contributed by atoms with Crippen molar-refractivity contribution in [2.75, 3.05) is 37.6 Å². The Morgan fingerprint density at radius 1 is 0.704 bits per heavy atom. The van der Waals surface area contributed by atoms with Crippen molar-refractivity contribution >= 4 is 95.6 Å². The fraction of sp³-hybridized carbons (Fsp3) is 0.185.